The Kier molecular flexibility index (Phi) is 3.89. The summed E-state index contributed by atoms with van der Waals surface area (Å²) in [6.45, 7) is 0. The number of thioether (sulfide) groups is 1. The van der Waals surface area contributed by atoms with Crippen LogP contribution in [-0.2, 0) is 5.75 Å². The maximum Gasteiger partial charge on any atom is 0.189 e. The maximum absolute atomic E-state index is 8.66. The summed E-state index contributed by atoms with van der Waals surface area (Å²) >= 11 is 3.01. The molecule has 0 saturated carbocycles. The lowest BCUT2D eigenvalue weighted by atomic mass is 10.2. The van der Waals surface area contributed by atoms with Crippen LogP contribution < -0.4 is 5.73 Å². The summed E-state index contributed by atoms with van der Waals surface area (Å²) in [6.07, 6.45) is 1.60. The maximum atomic E-state index is 8.66. The van der Waals surface area contributed by atoms with E-state index in [2.05, 4.69) is 20.3 Å². The van der Waals surface area contributed by atoms with Gasteiger partial charge in [0.2, 0.25) is 0 Å². The van der Waals surface area contributed by atoms with Crippen LogP contribution in [0, 0.1) is 0 Å². The van der Waals surface area contributed by atoms with Gasteiger partial charge in [0.25, 0.3) is 0 Å². The molecule has 2 aromatic rings. The number of oxime groups is 1. The van der Waals surface area contributed by atoms with E-state index in [1.165, 1.54) is 23.1 Å². The van der Waals surface area contributed by atoms with Gasteiger partial charge in [0.1, 0.15) is 11.2 Å². The molecule has 0 unspecified atom stereocenters. The van der Waals surface area contributed by atoms with Crippen molar-refractivity contribution < 1.29 is 5.21 Å². The van der Waals surface area contributed by atoms with Crippen LogP contribution in [0.1, 0.15) is 11.3 Å². The molecule has 0 atom stereocenters. The Morgan fingerprint density at radius 3 is 3.18 bits per heavy atom. The highest BCUT2D eigenvalue weighted by molar-refractivity contribution is 8.00. The number of hydrogen-bond acceptors (Lipinski definition) is 7. The van der Waals surface area contributed by atoms with E-state index in [1.54, 1.807) is 11.7 Å². The Morgan fingerprint density at radius 2 is 2.47 bits per heavy atom. The number of rotatable bonds is 4. The fraction of sp³-hybridized carbons (Fsp3) is 0.111. The van der Waals surface area contributed by atoms with Crippen LogP contribution >= 0.6 is 23.1 Å². The molecular weight excluding hydrogens is 258 g/mol. The normalized spacial score (nSPS) is 11.6. The third-order valence-electron chi connectivity index (χ3n) is 1.93. The highest BCUT2D eigenvalue weighted by Gasteiger charge is 2.09. The van der Waals surface area contributed by atoms with Crippen LogP contribution in [0.15, 0.2) is 33.3 Å². The second-order valence-electron chi connectivity index (χ2n) is 2.99. The van der Waals surface area contributed by atoms with Gasteiger partial charge in [0, 0.05) is 11.9 Å². The number of hydrogen-bond donors (Lipinski definition) is 2. The first-order chi connectivity index (χ1) is 8.31. The third kappa shape index (κ3) is 2.92. The monoisotopic (exact) mass is 267 g/mol. The molecule has 88 valence electrons. The molecule has 0 fully saturated rings. The van der Waals surface area contributed by atoms with E-state index < -0.39 is 0 Å². The van der Waals surface area contributed by atoms with Crippen molar-refractivity contribution in [1.29, 1.82) is 0 Å². The molecule has 0 saturated heterocycles. The smallest absolute Gasteiger partial charge is 0.189 e. The summed E-state index contributed by atoms with van der Waals surface area (Å²) in [5.41, 5.74) is 8.61. The van der Waals surface area contributed by atoms with Gasteiger partial charge in [0.05, 0.1) is 0 Å². The van der Waals surface area contributed by atoms with Crippen molar-refractivity contribution in [3.63, 3.8) is 0 Å². The fourth-order valence-electron chi connectivity index (χ4n) is 1.20. The fourth-order valence-corrected chi connectivity index (χ4v) is 2.67. The van der Waals surface area contributed by atoms with Gasteiger partial charge in [-0.25, -0.2) is 0 Å². The summed E-state index contributed by atoms with van der Waals surface area (Å²) in [5, 5.41) is 19.3. The van der Waals surface area contributed by atoms with Gasteiger partial charge in [-0.15, -0.1) is 10.2 Å². The van der Waals surface area contributed by atoms with Crippen molar-refractivity contribution in [3.05, 3.63) is 35.1 Å². The van der Waals surface area contributed by atoms with Crippen molar-refractivity contribution in [3.8, 4) is 0 Å². The zero-order chi connectivity index (χ0) is 12.1. The second-order valence-corrected chi connectivity index (χ2v) is 5.05. The van der Waals surface area contributed by atoms with E-state index in [-0.39, 0.29) is 5.84 Å². The van der Waals surface area contributed by atoms with E-state index in [1.807, 2.05) is 12.1 Å². The summed E-state index contributed by atoms with van der Waals surface area (Å²) in [6, 6.07) is 3.69. The lowest BCUT2D eigenvalue weighted by Gasteiger charge is -2.04. The number of nitrogens with two attached hydrogens (primary N) is 1. The first kappa shape index (κ1) is 11.8. The molecule has 0 aliphatic carbocycles. The molecule has 0 aliphatic rings. The van der Waals surface area contributed by atoms with Crippen LogP contribution in [-0.4, -0.2) is 26.2 Å². The summed E-state index contributed by atoms with van der Waals surface area (Å²) in [5.74, 6) is 0.660. The standard InChI is InChI=1S/C9H9N5OS2/c10-8(14-15)7-6(2-1-3-11-7)4-16-9-13-12-5-17-9/h1-3,5,15H,4H2,(H2,10,14). The number of pyridine rings is 1. The number of amidine groups is 1. The van der Waals surface area contributed by atoms with Gasteiger partial charge in [0.15, 0.2) is 10.2 Å². The van der Waals surface area contributed by atoms with Crippen LogP contribution in [0.3, 0.4) is 0 Å². The molecule has 0 spiro atoms. The van der Waals surface area contributed by atoms with E-state index in [9.17, 15) is 0 Å². The Hall–Kier alpha value is -1.67. The van der Waals surface area contributed by atoms with Crippen molar-refractivity contribution in [2.24, 2.45) is 10.9 Å². The van der Waals surface area contributed by atoms with Crippen LogP contribution in [0.25, 0.3) is 0 Å². The van der Waals surface area contributed by atoms with Crippen molar-refractivity contribution in [1.82, 2.24) is 15.2 Å². The quantitative estimate of drug-likeness (QED) is 0.285. The predicted octanol–water partition coefficient (Wildman–Crippen LogP) is 1.32. The van der Waals surface area contributed by atoms with Crippen LogP contribution in [0.2, 0.25) is 0 Å². The molecule has 0 amide bonds. The lowest BCUT2D eigenvalue weighted by Crippen LogP contribution is -2.17. The molecule has 17 heavy (non-hydrogen) atoms. The molecule has 8 heteroatoms. The molecule has 0 radical (unpaired) electrons. The minimum atomic E-state index is 0.0125. The second kappa shape index (κ2) is 5.60. The highest BCUT2D eigenvalue weighted by Crippen LogP contribution is 2.24. The molecule has 2 heterocycles. The van der Waals surface area contributed by atoms with Gasteiger partial charge < -0.3 is 10.9 Å². The Balaban J connectivity index is 2.15. The van der Waals surface area contributed by atoms with Gasteiger partial charge in [-0.1, -0.05) is 34.3 Å². The minimum Gasteiger partial charge on any atom is -0.409 e. The van der Waals surface area contributed by atoms with Crippen LogP contribution in [0.4, 0.5) is 0 Å². The predicted molar refractivity (Wildman–Crippen MR) is 66.2 cm³/mol. The first-order valence-electron chi connectivity index (χ1n) is 4.62. The number of nitrogens with zero attached hydrogens (tertiary/aromatic N) is 4. The molecule has 3 N–H and O–H groups in total. The molecule has 0 aliphatic heterocycles. The van der Waals surface area contributed by atoms with Gasteiger partial charge in [-0.05, 0) is 11.6 Å². The minimum absolute atomic E-state index is 0.0125. The zero-order valence-electron chi connectivity index (χ0n) is 8.65. The van der Waals surface area contributed by atoms with E-state index in [0.717, 1.165) is 9.90 Å². The molecule has 6 nitrogen and oxygen atoms in total. The van der Waals surface area contributed by atoms with Crippen molar-refractivity contribution in [2.75, 3.05) is 0 Å². The molecule has 2 rings (SSSR count). The van der Waals surface area contributed by atoms with Crippen molar-refractivity contribution in [2.45, 2.75) is 10.1 Å². The first-order valence-corrected chi connectivity index (χ1v) is 6.48. The van der Waals surface area contributed by atoms with E-state index in [0.29, 0.717) is 11.4 Å². The van der Waals surface area contributed by atoms with Gasteiger partial charge in [-0.3, -0.25) is 4.98 Å². The highest BCUT2D eigenvalue weighted by atomic mass is 32.2. The SMILES string of the molecule is NC(=NO)c1ncccc1CSc1nncs1. The molecular formula is C9H9N5OS2. The Labute approximate surface area is 106 Å². The lowest BCUT2D eigenvalue weighted by molar-refractivity contribution is 0.318. The zero-order valence-corrected chi connectivity index (χ0v) is 10.3. The summed E-state index contributed by atoms with van der Waals surface area (Å²) in [7, 11) is 0. The average Bonchev–Trinajstić information content (AvgIpc) is 2.89. The van der Waals surface area contributed by atoms with Crippen LogP contribution in [0.5, 0.6) is 0 Å². The average molecular weight is 267 g/mol. The molecule has 2 aromatic heterocycles. The van der Waals surface area contributed by atoms with E-state index >= 15 is 0 Å². The summed E-state index contributed by atoms with van der Waals surface area (Å²) < 4.78 is 0.874. The van der Waals surface area contributed by atoms with Gasteiger partial charge in [-0.2, -0.15) is 0 Å². The largest absolute Gasteiger partial charge is 0.409 e. The third-order valence-corrected chi connectivity index (χ3v) is 3.84. The molecule has 0 bridgehead atoms. The topological polar surface area (TPSA) is 97.3 Å². The van der Waals surface area contributed by atoms with E-state index in [4.69, 9.17) is 10.9 Å². The Morgan fingerprint density at radius 1 is 1.59 bits per heavy atom. The van der Waals surface area contributed by atoms with Crippen molar-refractivity contribution >= 4 is 28.9 Å². The number of aromatic nitrogens is 3. The summed E-state index contributed by atoms with van der Waals surface area (Å²) in [4.78, 5) is 4.09. The molecule has 0 aromatic carbocycles. The Bertz CT molecular complexity index is 514. The van der Waals surface area contributed by atoms with Gasteiger partial charge >= 0.3 is 0 Å².